The molecule has 4 saturated heterocycles. The maximum absolute atomic E-state index is 14.9. The van der Waals surface area contributed by atoms with E-state index in [9.17, 15) is 19.2 Å². The smallest absolute Gasteiger partial charge is 0.255 e. The van der Waals surface area contributed by atoms with Crippen LogP contribution in [0.5, 0.6) is 0 Å². The Labute approximate surface area is 456 Å². The molecule has 12 rings (SSSR count). The van der Waals surface area contributed by atoms with E-state index in [0.717, 1.165) is 86.8 Å². The Bertz CT molecular complexity index is 3660. The molecule has 21 nitrogen and oxygen atoms in total. The van der Waals surface area contributed by atoms with Gasteiger partial charge in [0.15, 0.2) is 0 Å². The summed E-state index contributed by atoms with van der Waals surface area (Å²) in [6, 6.07) is 16.0. The van der Waals surface area contributed by atoms with Gasteiger partial charge in [0.25, 0.3) is 5.91 Å². The van der Waals surface area contributed by atoms with Gasteiger partial charge in [0.1, 0.15) is 17.9 Å². The van der Waals surface area contributed by atoms with E-state index in [1.807, 2.05) is 112 Å². The summed E-state index contributed by atoms with van der Waals surface area (Å²) in [5, 5.41) is 19.7. The maximum Gasteiger partial charge on any atom is 0.255 e. The molecular weight excluding hydrogens is 1000 g/mol. The molecule has 4 atom stereocenters. The molecule has 0 radical (unpaired) electrons. The zero-order chi connectivity index (χ0) is 54.3. The summed E-state index contributed by atoms with van der Waals surface area (Å²) in [7, 11) is 7.85. The van der Waals surface area contributed by atoms with Crippen molar-refractivity contribution in [1.82, 2.24) is 79.0 Å². The molecule has 2 N–H and O–H groups in total. The van der Waals surface area contributed by atoms with Gasteiger partial charge >= 0.3 is 0 Å². The van der Waals surface area contributed by atoms with Crippen LogP contribution in [0.3, 0.4) is 0 Å². The normalized spacial score (nSPS) is 20.3. The molecule has 0 aliphatic carbocycles. The first kappa shape index (κ1) is 51.6. The van der Waals surface area contributed by atoms with Gasteiger partial charge in [0.2, 0.25) is 17.7 Å². The summed E-state index contributed by atoms with van der Waals surface area (Å²) < 4.78 is 9.53. The zero-order valence-electron chi connectivity index (χ0n) is 45.2. The second-order valence-corrected chi connectivity index (χ2v) is 22.0. The average molecular weight is 1070 g/mol. The lowest BCUT2D eigenvalue weighted by atomic mass is 9.96. The third-order valence-electron chi connectivity index (χ3n) is 16.1. The number of hydrogen-bond donors (Lipinski definition) is 2. The number of nitrogens with one attached hydrogen (secondary N) is 2. The first-order valence-corrected chi connectivity index (χ1v) is 27.5. The Kier molecular flexibility index (Phi) is 14.3. The summed E-state index contributed by atoms with van der Waals surface area (Å²) in [5.41, 5.74) is 9.79. The minimum atomic E-state index is -0.314. The van der Waals surface area contributed by atoms with Gasteiger partial charge in [-0.1, -0.05) is 12.2 Å². The van der Waals surface area contributed by atoms with E-state index in [-0.39, 0.29) is 54.1 Å². The van der Waals surface area contributed by atoms with Gasteiger partial charge in [-0.05, 0) is 120 Å². The van der Waals surface area contributed by atoms with Gasteiger partial charge in [0, 0.05) is 135 Å². The number of rotatable bonds is 15. The Morgan fingerprint density at radius 2 is 1.32 bits per heavy atom. The minimum Gasteiger partial charge on any atom is -0.366 e. The fraction of sp³-hybridized carbons (Fsp3) is 0.414. The van der Waals surface area contributed by atoms with Gasteiger partial charge in [0.05, 0.1) is 46.7 Å². The maximum atomic E-state index is 14.9. The van der Waals surface area contributed by atoms with E-state index in [1.165, 1.54) is 0 Å². The van der Waals surface area contributed by atoms with Crippen molar-refractivity contribution in [2.75, 3.05) is 100 Å². The number of hydrogen-bond acceptors (Lipinski definition) is 13. The Morgan fingerprint density at radius 1 is 0.658 bits per heavy atom. The number of aromatic amines is 2. The quantitative estimate of drug-likeness (QED) is 0.128. The monoisotopic (exact) mass is 1070 g/mol. The fourth-order valence-electron chi connectivity index (χ4n) is 11.9. The van der Waals surface area contributed by atoms with E-state index in [4.69, 9.17) is 9.72 Å². The minimum absolute atomic E-state index is 0.0282. The summed E-state index contributed by atoms with van der Waals surface area (Å²) >= 11 is 0. The van der Waals surface area contributed by atoms with Crippen molar-refractivity contribution in [2.24, 2.45) is 5.92 Å². The third-order valence-corrected chi connectivity index (χ3v) is 16.1. The number of piperidine rings is 1. The number of nitrogens with zero attached hydrogens (tertiary/aromatic N) is 14. The highest BCUT2D eigenvalue weighted by Crippen LogP contribution is 2.39. The van der Waals surface area contributed by atoms with Crippen molar-refractivity contribution in [3.05, 3.63) is 115 Å². The number of H-pyrrole nitrogens is 2. The lowest BCUT2D eigenvalue weighted by molar-refractivity contribution is -0.139. The molecule has 4 aliphatic heterocycles. The van der Waals surface area contributed by atoms with Crippen LogP contribution >= 0.6 is 0 Å². The Morgan fingerprint density at radius 3 is 2.04 bits per heavy atom. The summed E-state index contributed by atoms with van der Waals surface area (Å²) in [4.78, 5) is 84.3. The number of fused-ring (bicyclic) bond motifs is 4. The van der Waals surface area contributed by atoms with Crippen molar-refractivity contribution in [3.8, 4) is 22.3 Å². The predicted molar refractivity (Wildman–Crippen MR) is 298 cm³/mol. The number of aromatic nitrogens is 10. The molecule has 0 spiro atoms. The Balaban J connectivity index is 0.730. The van der Waals surface area contributed by atoms with Gasteiger partial charge in [-0.3, -0.25) is 19.2 Å². The molecule has 0 bridgehead atoms. The summed E-state index contributed by atoms with van der Waals surface area (Å²) in [5.74, 6) is -0.292. The molecule has 0 saturated carbocycles. The lowest BCUT2D eigenvalue weighted by Gasteiger charge is -2.33. The molecule has 0 aromatic carbocycles. The van der Waals surface area contributed by atoms with Crippen LogP contribution in [-0.2, 0) is 23.9 Å². The average Bonchev–Trinajstić information content (AvgIpc) is 4.34. The Hall–Kier alpha value is -8.14. The SMILES string of the molecule is CN(C)C/C=C/C(=O)N1CCC[C@@H](C(=O)N2CCC(c3cc4c(-c5cnn6ncccc56)cc(/C(=C\CN(C)C)C(=O)N5CC[C@@H](OCC(=O)N6CCC(c7cc8c(-c9cnn%10ncccc9%10)ccnc8[nH]7)C6)C5)nc4[nH]3)C2)C1. The standard InChI is InChI=1S/C58H66N16O5/c1-67(2)21-8-12-53(75)69-22-7-9-39(34-69)57(77)71-25-15-38(33-71)49-29-45-43(47-31-63-74-52(47)11-6-19-61-74)27-50(66-56(45)65-49)42(17-23-68(3)4)58(78)72-26-16-40(35-72)79-36-54(76)70-24-14-37(32-70)48-28-44-41(13-20-59-55(44)64-48)46-30-62-73-51(46)10-5-18-60-73/h5-6,8,10-13,17-20,27-31,37-40H,7,9,14-16,21-26,32-36H2,1-4H3,(H,59,64)(H,65,66)/b12-8+,42-17+/t37?,38?,39-,40-/m1/s1. The summed E-state index contributed by atoms with van der Waals surface area (Å²) in [6.45, 7) is 5.32. The largest absolute Gasteiger partial charge is 0.366 e. The van der Waals surface area contributed by atoms with E-state index in [0.29, 0.717) is 88.8 Å². The van der Waals surface area contributed by atoms with Crippen LogP contribution in [0.1, 0.15) is 61.0 Å². The molecule has 408 valence electrons. The van der Waals surface area contributed by atoms with Gasteiger partial charge in [-0.2, -0.15) is 29.7 Å². The van der Waals surface area contributed by atoms with Crippen LogP contribution in [0.4, 0.5) is 0 Å². The number of amides is 4. The molecule has 21 heteroatoms. The molecule has 4 amide bonds. The first-order chi connectivity index (χ1) is 38.4. The molecule has 12 heterocycles. The van der Waals surface area contributed by atoms with Crippen molar-refractivity contribution >= 4 is 62.3 Å². The first-order valence-electron chi connectivity index (χ1n) is 27.5. The van der Waals surface area contributed by atoms with E-state index in [2.05, 4.69) is 47.5 Å². The van der Waals surface area contributed by atoms with Crippen molar-refractivity contribution < 1.29 is 23.9 Å². The highest BCUT2D eigenvalue weighted by Gasteiger charge is 2.37. The van der Waals surface area contributed by atoms with Crippen LogP contribution in [0, 0.1) is 5.92 Å². The number of likely N-dealkylation sites (tertiary alicyclic amines) is 4. The highest BCUT2D eigenvalue weighted by molar-refractivity contribution is 6.20. The number of carbonyl (C=O) groups excluding carboxylic acids is 4. The molecule has 2 unspecified atom stereocenters. The third kappa shape index (κ3) is 10.5. The lowest BCUT2D eigenvalue weighted by Crippen LogP contribution is -2.45. The van der Waals surface area contributed by atoms with Crippen LogP contribution < -0.4 is 0 Å². The topological polar surface area (TPSA) is 215 Å². The van der Waals surface area contributed by atoms with E-state index in [1.54, 1.807) is 40.1 Å². The molecular formula is C58H66N16O5. The summed E-state index contributed by atoms with van der Waals surface area (Å²) in [6.07, 6.45) is 17.7. The van der Waals surface area contributed by atoms with E-state index >= 15 is 0 Å². The van der Waals surface area contributed by atoms with Gasteiger partial charge in [-0.15, -0.1) is 0 Å². The second-order valence-electron chi connectivity index (χ2n) is 22.0. The second kappa shape index (κ2) is 21.9. The van der Waals surface area contributed by atoms with Crippen molar-refractivity contribution in [1.29, 1.82) is 0 Å². The molecule has 79 heavy (non-hydrogen) atoms. The van der Waals surface area contributed by atoms with Crippen molar-refractivity contribution in [2.45, 2.75) is 50.0 Å². The number of likely N-dealkylation sites (N-methyl/N-ethyl adjacent to an activating group) is 2. The highest BCUT2D eigenvalue weighted by atomic mass is 16.5. The van der Waals surface area contributed by atoms with E-state index < -0.39 is 0 Å². The number of pyridine rings is 2. The van der Waals surface area contributed by atoms with Crippen LogP contribution in [0.25, 0.3) is 60.9 Å². The molecule has 8 aromatic heterocycles. The van der Waals surface area contributed by atoms with Gasteiger partial charge < -0.3 is 44.1 Å². The zero-order valence-corrected chi connectivity index (χ0v) is 45.2. The predicted octanol–water partition coefficient (Wildman–Crippen LogP) is 5.11. The van der Waals surface area contributed by atoms with Crippen molar-refractivity contribution in [3.63, 3.8) is 0 Å². The van der Waals surface area contributed by atoms with Crippen LogP contribution in [0.2, 0.25) is 0 Å². The fourth-order valence-corrected chi connectivity index (χ4v) is 11.9. The van der Waals surface area contributed by atoms with Gasteiger partial charge in [-0.25, -0.2) is 9.97 Å². The van der Waals surface area contributed by atoms with Crippen LogP contribution in [0.15, 0.2) is 97.7 Å². The number of carbonyl (C=O) groups is 4. The van der Waals surface area contributed by atoms with Crippen LogP contribution in [-0.4, -0.2) is 209 Å². The molecule has 8 aromatic rings. The molecule has 4 aliphatic rings. The molecule has 4 fully saturated rings. The number of ether oxygens (including phenoxy) is 1.